The van der Waals surface area contributed by atoms with E-state index in [-0.39, 0.29) is 6.10 Å². The lowest BCUT2D eigenvalue weighted by molar-refractivity contribution is -0.0165. The summed E-state index contributed by atoms with van der Waals surface area (Å²) in [5, 5.41) is 12.0. The number of ether oxygens (including phenoxy) is 1. The van der Waals surface area contributed by atoms with Crippen LogP contribution in [0.5, 0.6) is 0 Å². The molecule has 80 valence electrons. The van der Waals surface area contributed by atoms with Gasteiger partial charge in [-0.2, -0.15) is 0 Å². The molecule has 0 aliphatic heterocycles. The lowest BCUT2D eigenvalue weighted by Crippen LogP contribution is -2.20. The van der Waals surface area contributed by atoms with Gasteiger partial charge in [-0.1, -0.05) is 13.3 Å². The Morgan fingerprint density at radius 1 is 1.64 bits per heavy atom. The molecule has 4 heteroatoms. The molecule has 0 amide bonds. The number of thiophene rings is 1. The molecule has 0 spiro atoms. The molecule has 14 heavy (non-hydrogen) atoms. The minimum atomic E-state index is -0.519. The van der Waals surface area contributed by atoms with E-state index in [0.29, 0.717) is 0 Å². The SMILES string of the molecule is CCCC(OC)C(O)c1sccc1Br. The number of methoxy groups -OCH3 is 1. The third-order valence-electron chi connectivity index (χ3n) is 2.14. The average molecular weight is 279 g/mol. The second-order valence-electron chi connectivity index (χ2n) is 3.14. The van der Waals surface area contributed by atoms with Crippen molar-refractivity contribution in [3.63, 3.8) is 0 Å². The van der Waals surface area contributed by atoms with Crippen molar-refractivity contribution in [1.82, 2.24) is 0 Å². The molecular formula is C10H15BrO2S. The number of hydrogen-bond donors (Lipinski definition) is 1. The van der Waals surface area contributed by atoms with Crippen LogP contribution in [0.25, 0.3) is 0 Å². The normalized spacial score (nSPS) is 15.4. The number of halogens is 1. The highest BCUT2D eigenvalue weighted by Crippen LogP contribution is 2.32. The molecular weight excluding hydrogens is 264 g/mol. The maximum Gasteiger partial charge on any atom is 0.115 e. The van der Waals surface area contributed by atoms with Crippen LogP contribution in [0.1, 0.15) is 30.7 Å². The smallest absolute Gasteiger partial charge is 0.115 e. The van der Waals surface area contributed by atoms with E-state index in [0.717, 1.165) is 22.2 Å². The van der Waals surface area contributed by atoms with Crippen molar-refractivity contribution >= 4 is 27.3 Å². The summed E-state index contributed by atoms with van der Waals surface area (Å²) in [5.74, 6) is 0. The van der Waals surface area contributed by atoms with E-state index >= 15 is 0 Å². The molecule has 0 bridgehead atoms. The fraction of sp³-hybridized carbons (Fsp3) is 0.600. The van der Waals surface area contributed by atoms with Crippen molar-refractivity contribution < 1.29 is 9.84 Å². The predicted molar refractivity (Wildman–Crippen MR) is 62.7 cm³/mol. The van der Waals surface area contributed by atoms with Gasteiger partial charge in [0, 0.05) is 16.5 Å². The maximum atomic E-state index is 10.0. The van der Waals surface area contributed by atoms with Crippen molar-refractivity contribution in [2.45, 2.75) is 32.0 Å². The summed E-state index contributed by atoms with van der Waals surface area (Å²) < 4.78 is 6.23. The van der Waals surface area contributed by atoms with Gasteiger partial charge in [-0.3, -0.25) is 0 Å². The van der Waals surface area contributed by atoms with Crippen molar-refractivity contribution in [3.05, 3.63) is 20.8 Å². The zero-order valence-corrected chi connectivity index (χ0v) is 10.8. The number of aliphatic hydroxyl groups is 1. The number of rotatable bonds is 5. The summed E-state index contributed by atoms with van der Waals surface area (Å²) in [6.45, 7) is 2.09. The highest BCUT2D eigenvalue weighted by atomic mass is 79.9. The van der Waals surface area contributed by atoms with Crippen LogP contribution in [0.2, 0.25) is 0 Å². The Morgan fingerprint density at radius 3 is 2.79 bits per heavy atom. The Bertz CT molecular complexity index is 275. The van der Waals surface area contributed by atoms with Crippen LogP contribution < -0.4 is 0 Å². The quantitative estimate of drug-likeness (QED) is 0.895. The number of aliphatic hydroxyl groups excluding tert-OH is 1. The molecule has 0 fully saturated rings. The van der Waals surface area contributed by atoms with Gasteiger partial charge in [0.05, 0.1) is 6.10 Å². The monoisotopic (exact) mass is 278 g/mol. The Labute approximate surface area is 97.0 Å². The molecule has 1 N–H and O–H groups in total. The first-order valence-corrected chi connectivity index (χ1v) is 6.31. The molecule has 1 aromatic rings. The van der Waals surface area contributed by atoms with E-state index in [2.05, 4.69) is 22.9 Å². The van der Waals surface area contributed by atoms with E-state index in [4.69, 9.17) is 4.74 Å². The zero-order chi connectivity index (χ0) is 10.6. The van der Waals surface area contributed by atoms with Gasteiger partial charge < -0.3 is 9.84 Å². The van der Waals surface area contributed by atoms with Crippen LogP contribution in [0.4, 0.5) is 0 Å². The summed E-state index contributed by atoms with van der Waals surface area (Å²) in [7, 11) is 1.64. The van der Waals surface area contributed by atoms with Crippen molar-refractivity contribution in [2.24, 2.45) is 0 Å². The largest absolute Gasteiger partial charge is 0.385 e. The first-order chi connectivity index (χ1) is 6.70. The maximum absolute atomic E-state index is 10.0. The van der Waals surface area contributed by atoms with Crippen molar-refractivity contribution in [1.29, 1.82) is 0 Å². The zero-order valence-electron chi connectivity index (χ0n) is 8.37. The van der Waals surface area contributed by atoms with Crippen molar-refractivity contribution in [2.75, 3.05) is 7.11 Å². The first-order valence-electron chi connectivity index (χ1n) is 4.64. The topological polar surface area (TPSA) is 29.5 Å². The molecule has 0 aliphatic rings. The minimum Gasteiger partial charge on any atom is -0.385 e. The van der Waals surface area contributed by atoms with Crippen LogP contribution in [0.3, 0.4) is 0 Å². The summed E-state index contributed by atoms with van der Waals surface area (Å²) in [6, 6.07) is 1.95. The first kappa shape index (κ1) is 12.2. The van der Waals surface area contributed by atoms with E-state index in [1.165, 1.54) is 0 Å². The Morgan fingerprint density at radius 2 is 2.36 bits per heavy atom. The second-order valence-corrected chi connectivity index (χ2v) is 4.94. The van der Waals surface area contributed by atoms with E-state index in [1.54, 1.807) is 18.4 Å². The molecule has 0 aromatic carbocycles. The summed E-state index contributed by atoms with van der Waals surface area (Å²) in [6.07, 6.45) is 1.27. The van der Waals surface area contributed by atoms with E-state index in [1.807, 2.05) is 11.4 Å². The van der Waals surface area contributed by atoms with Crippen LogP contribution in [-0.2, 0) is 4.74 Å². The predicted octanol–water partition coefficient (Wildman–Crippen LogP) is 3.36. The van der Waals surface area contributed by atoms with Crippen LogP contribution >= 0.6 is 27.3 Å². The van der Waals surface area contributed by atoms with E-state index < -0.39 is 6.10 Å². The van der Waals surface area contributed by atoms with Gasteiger partial charge in [0.15, 0.2) is 0 Å². The molecule has 0 saturated heterocycles. The summed E-state index contributed by atoms with van der Waals surface area (Å²) in [5.41, 5.74) is 0. The standard InChI is InChI=1S/C10H15BrO2S/c1-3-4-8(13-2)9(12)10-7(11)5-6-14-10/h5-6,8-9,12H,3-4H2,1-2H3. The number of hydrogen-bond acceptors (Lipinski definition) is 3. The molecule has 2 unspecified atom stereocenters. The van der Waals surface area contributed by atoms with Gasteiger partial charge >= 0.3 is 0 Å². The second kappa shape index (κ2) is 5.85. The van der Waals surface area contributed by atoms with Gasteiger partial charge in [-0.05, 0) is 33.8 Å². The molecule has 0 saturated carbocycles. The Hall–Kier alpha value is 0.100. The van der Waals surface area contributed by atoms with Crippen LogP contribution in [0, 0.1) is 0 Å². The van der Waals surface area contributed by atoms with Crippen LogP contribution in [-0.4, -0.2) is 18.3 Å². The molecule has 0 aliphatic carbocycles. The lowest BCUT2D eigenvalue weighted by Gasteiger charge is -2.20. The average Bonchev–Trinajstić information content (AvgIpc) is 2.59. The lowest BCUT2D eigenvalue weighted by atomic mass is 10.1. The molecule has 1 heterocycles. The molecule has 1 rings (SSSR count). The van der Waals surface area contributed by atoms with Gasteiger partial charge in [-0.15, -0.1) is 11.3 Å². The molecule has 2 nitrogen and oxygen atoms in total. The fourth-order valence-corrected chi connectivity index (χ4v) is 3.02. The summed E-state index contributed by atoms with van der Waals surface area (Å²) >= 11 is 4.96. The Kier molecular flexibility index (Phi) is 5.09. The minimum absolute atomic E-state index is 0.102. The highest BCUT2D eigenvalue weighted by molar-refractivity contribution is 9.10. The molecule has 0 radical (unpaired) electrons. The van der Waals surface area contributed by atoms with Gasteiger partial charge in [0.25, 0.3) is 0 Å². The molecule has 1 aromatic heterocycles. The van der Waals surface area contributed by atoms with Crippen LogP contribution in [0.15, 0.2) is 15.9 Å². The highest BCUT2D eigenvalue weighted by Gasteiger charge is 2.22. The third-order valence-corrected chi connectivity index (χ3v) is 4.08. The van der Waals surface area contributed by atoms with Gasteiger partial charge in [0.2, 0.25) is 0 Å². The Balaban J connectivity index is 2.72. The fourth-order valence-electron chi connectivity index (χ4n) is 1.37. The van der Waals surface area contributed by atoms with Gasteiger partial charge in [0.1, 0.15) is 6.10 Å². The van der Waals surface area contributed by atoms with Gasteiger partial charge in [-0.25, -0.2) is 0 Å². The third kappa shape index (κ3) is 2.79. The molecule has 2 atom stereocenters. The van der Waals surface area contributed by atoms with Crippen molar-refractivity contribution in [3.8, 4) is 0 Å². The summed E-state index contributed by atoms with van der Waals surface area (Å²) in [4.78, 5) is 0.949. The van der Waals surface area contributed by atoms with E-state index in [9.17, 15) is 5.11 Å².